The summed E-state index contributed by atoms with van der Waals surface area (Å²) in [6, 6.07) is 12.5. The largest absolute Gasteiger partial charge is 0.379 e. The van der Waals surface area contributed by atoms with E-state index >= 15 is 0 Å². The van der Waals surface area contributed by atoms with E-state index < -0.39 is 0 Å². The zero-order chi connectivity index (χ0) is 19.2. The molecule has 2 heterocycles. The smallest absolute Gasteiger partial charge is 0.255 e. The Kier molecular flexibility index (Phi) is 8.00. The summed E-state index contributed by atoms with van der Waals surface area (Å²) in [6.45, 7) is 3.45. The fourth-order valence-electron chi connectivity index (χ4n) is 4.25. The molecule has 0 spiro atoms. The first-order valence-corrected chi connectivity index (χ1v) is 10.1. The summed E-state index contributed by atoms with van der Waals surface area (Å²) in [6.07, 6.45) is 7.01. The van der Waals surface area contributed by atoms with Gasteiger partial charge in [-0.2, -0.15) is 0 Å². The van der Waals surface area contributed by atoms with Crippen LogP contribution in [0.1, 0.15) is 35.2 Å². The lowest BCUT2D eigenvalue weighted by Gasteiger charge is -2.33. The molecule has 29 heavy (non-hydrogen) atoms. The molecule has 1 amide bonds. The van der Waals surface area contributed by atoms with E-state index in [0.29, 0.717) is 23.6 Å². The molecule has 0 bridgehead atoms. The van der Waals surface area contributed by atoms with Gasteiger partial charge in [0.15, 0.2) is 0 Å². The van der Waals surface area contributed by atoms with Crippen LogP contribution in [0.3, 0.4) is 0 Å². The third-order valence-corrected chi connectivity index (χ3v) is 5.76. The van der Waals surface area contributed by atoms with Gasteiger partial charge in [0.05, 0.1) is 13.2 Å². The van der Waals surface area contributed by atoms with Crippen molar-refractivity contribution in [1.82, 2.24) is 15.6 Å². The highest BCUT2D eigenvalue weighted by atomic mass is 35.5. The molecule has 1 aromatic carbocycles. The van der Waals surface area contributed by atoms with E-state index in [1.165, 1.54) is 24.8 Å². The Morgan fingerprint density at radius 2 is 1.93 bits per heavy atom. The number of carbonyl (C=O) groups is 1. The average Bonchev–Trinajstić information content (AvgIpc) is 3.23. The van der Waals surface area contributed by atoms with Gasteiger partial charge in [-0.15, -0.1) is 12.4 Å². The van der Waals surface area contributed by atoms with Crippen molar-refractivity contribution in [1.29, 1.82) is 0 Å². The van der Waals surface area contributed by atoms with Crippen LogP contribution in [0.5, 0.6) is 0 Å². The van der Waals surface area contributed by atoms with E-state index in [2.05, 4.69) is 33.1 Å². The van der Waals surface area contributed by atoms with Crippen molar-refractivity contribution in [2.45, 2.75) is 37.9 Å². The number of amides is 1. The van der Waals surface area contributed by atoms with Crippen molar-refractivity contribution in [2.75, 3.05) is 25.1 Å². The molecule has 0 radical (unpaired) electrons. The van der Waals surface area contributed by atoms with Crippen molar-refractivity contribution >= 4 is 24.0 Å². The minimum atomic E-state index is -0.121. The van der Waals surface area contributed by atoms with Gasteiger partial charge in [-0.3, -0.25) is 9.78 Å². The Morgan fingerprint density at radius 1 is 1.14 bits per heavy atom. The number of nitrogens with zero attached hydrogens (tertiary/aromatic N) is 1. The molecule has 1 saturated heterocycles. The van der Waals surface area contributed by atoms with Gasteiger partial charge >= 0.3 is 0 Å². The molecule has 3 N–H and O–H groups in total. The summed E-state index contributed by atoms with van der Waals surface area (Å²) in [4.78, 5) is 16.2. The summed E-state index contributed by atoms with van der Waals surface area (Å²) in [5.41, 5.74) is 2.63. The monoisotopic (exact) mass is 416 g/mol. The van der Waals surface area contributed by atoms with Gasteiger partial charge < -0.3 is 20.7 Å². The first-order valence-electron chi connectivity index (χ1n) is 10.1. The fraction of sp³-hybridized carbons (Fsp3) is 0.455. The lowest BCUT2D eigenvalue weighted by Crippen LogP contribution is -2.50. The van der Waals surface area contributed by atoms with Crippen LogP contribution in [0.25, 0.3) is 0 Å². The third-order valence-electron chi connectivity index (χ3n) is 5.76. The van der Waals surface area contributed by atoms with Crippen LogP contribution in [0.4, 0.5) is 5.69 Å². The van der Waals surface area contributed by atoms with Crippen molar-refractivity contribution in [3.63, 3.8) is 0 Å². The van der Waals surface area contributed by atoms with Crippen LogP contribution in [0.15, 0.2) is 48.8 Å². The van der Waals surface area contributed by atoms with Crippen molar-refractivity contribution in [3.05, 3.63) is 59.9 Å². The Bertz CT molecular complexity index is 766. The summed E-state index contributed by atoms with van der Waals surface area (Å²) in [5, 5.41) is 10.3. The van der Waals surface area contributed by atoms with Crippen LogP contribution in [-0.2, 0) is 11.3 Å². The SMILES string of the molecule is Cl.O=C(Nc1ccc(CNC2CCCC2C2COCCN2)cc1)c1ccncc1. The molecular formula is C22H29ClN4O2. The molecule has 1 saturated carbocycles. The number of hydrogen-bond acceptors (Lipinski definition) is 5. The van der Waals surface area contributed by atoms with Gasteiger partial charge in [0, 0.05) is 48.8 Å². The van der Waals surface area contributed by atoms with E-state index in [1.54, 1.807) is 24.5 Å². The van der Waals surface area contributed by atoms with Gasteiger partial charge in [0.1, 0.15) is 0 Å². The number of aromatic nitrogens is 1. The minimum absolute atomic E-state index is 0. The number of halogens is 1. The van der Waals surface area contributed by atoms with Gasteiger partial charge in [-0.25, -0.2) is 0 Å². The first kappa shape index (κ1) is 21.7. The highest BCUT2D eigenvalue weighted by Gasteiger charge is 2.34. The minimum Gasteiger partial charge on any atom is -0.379 e. The Hall–Kier alpha value is -1.99. The van der Waals surface area contributed by atoms with E-state index in [4.69, 9.17) is 4.74 Å². The predicted octanol–water partition coefficient (Wildman–Crippen LogP) is 3.00. The van der Waals surface area contributed by atoms with E-state index in [0.717, 1.165) is 32.0 Å². The number of anilines is 1. The Labute approximate surface area is 178 Å². The van der Waals surface area contributed by atoms with Crippen LogP contribution < -0.4 is 16.0 Å². The summed E-state index contributed by atoms with van der Waals surface area (Å²) < 4.78 is 5.65. The molecular weight excluding hydrogens is 388 g/mol. The zero-order valence-corrected chi connectivity index (χ0v) is 17.3. The zero-order valence-electron chi connectivity index (χ0n) is 16.5. The third kappa shape index (κ3) is 5.76. The van der Waals surface area contributed by atoms with Gasteiger partial charge in [0.25, 0.3) is 5.91 Å². The number of ether oxygens (including phenoxy) is 1. The molecule has 2 aromatic rings. The van der Waals surface area contributed by atoms with Crippen molar-refractivity contribution in [2.24, 2.45) is 5.92 Å². The van der Waals surface area contributed by atoms with Gasteiger partial charge in [0.2, 0.25) is 0 Å². The number of carbonyl (C=O) groups excluding carboxylic acids is 1. The molecule has 2 fully saturated rings. The summed E-state index contributed by atoms with van der Waals surface area (Å²) in [5.74, 6) is 0.517. The van der Waals surface area contributed by atoms with Gasteiger partial charge in [-0.1, -0.05) is 18.6 Å². The maximum absolute atomic E-state index is 12.2. The second-order valence-electron chi connectivity index (χ2n) is 7.60. The topological polar surface area (TPSA) is 75.3 Å². The normalized spacial score (nSPS) is 23.9. The molecule has 1 aromatic heterocycles. The number of benzene rings is 1. The van der Waals surface area contributed by atoms with E-state index in [9.17, 15) is 4.79 Å². The van der Waals surface area contributed by atoms with Crippen LogP contribution in [0.2, 0.25) is 0 Å². The second-order valence-corrected chi connectivity index (χ2v) is 7.60. The molecule has 1 aliphatic heterocycles. The molecule has 6 nitrogen and oxygen atoms in total. The second kappa shape index (κ2) is 10.7. The highest BCUT2D eigenvalue weighted by molar-refractivity contribution is 6.04. The average molecular weight is 417 g/mol. The first-order chi connectivity index (χ1) is 13.8. The van der Waals surface area contributed by atoms with Crippen LogP contribution >= 0.6 is 12.4 Å². The number of nitrogens with one attached hydrogen (secondary N) is 3. The molecule has 7 heteroatoms. The molecule has 1 aliphatic carbocycles. The summed E-state index contributed by atoms with van der Waals surface area (Å²) in [7, 11) is 0. The number of rotatable bonds is 6. The molecule has 156 valence electrons. The molecule has 3 unspecified atom stereocenters. The van der Waals surface area contributed by atoms with Crippen molar-refractivity contribution < 1.29 is 9.53 Å². The standard InChI is InChI=1S/C22H28N4O2.ClH/c27-22(17-8-10-23-11-9-17)26-18-6-4-16(5-7-18)14-25-20-3-1-2-19(20)21-15-28-13-12-24-21;/h4-11,19-21,24-25H,1-3,12-15H2,(H,26,27);1H. The quantitative estimate of drug-likeness (QED) is 0.675. The maximum atomic E-state index is 12.2. The number of hydrogen-bond donors (Lipinski definition) is 3. The number of morpholine rings is 1. The molecule has 3 atom stereocenters. The van der Waals surface area contributed by atoms with Crippen LogP contribution in [0, 0.1) is 5.92 Å². The predicted molar refractivity (Wildman–Crippen MR) is 116 cm³/mol. The highest BCUT2D eigenvalue weighted by Crippen LogP contribution is 2.29. The van der Waals surface area contributed by atoms with Crippen LogP contribution in [-0.4, -0.2) is 42.7 Å². The lowest BCUT2D eigenvalue weighted by atomic mass is 9.94. The maximum Gasteiger partial charge on any atom is 0.255 e. The Morgan fingerprint density at radius 3 is 2.66 bits per heavy atom. The van der Waals surface area contributed by atoms with Crippen molar-refractivity contribution in [3.8, 4) is 0 Å². The van der Waals surface area contributed by atoms with E-state index in [-0.39, 0.29) is 18.3 Å². The molecule has 4 rings (SSSR count). The Balaban J connectivity index is 0.00000240. The summed E-state index contributed by atoms with van der Waals surface area (Å²) >= 11 is 0. The lowest BCUT2D eigenvalue weighted by molar-refractivity contribution is 0.0524. The number of pyridine rings is 1. The van der Waals surface area contributed by atoms with Gasteiger partial charge in [-0.05, 0) is 48.6 Å². The van der Waals surface area contributed by atoms with E-state index in [1.807, 2.05) is 12.1 Å². The molecule has 2 aliphatic rings. The fourth-order valence-corrected chi connectivity index (χ4v) is 4.25.